The second kappa shape index (κ2) is 7.35. The monoisotopic (exact) mass is 318 g/mol. The first-order valence-electron chi connectivity index (χ1n) is 8.66. The molecule has 0 heterocycles. The normalized spacial score (nSPS) is 18.0. The molecule has 1 unspecified atom stereocenters. The molecule has 3 N–H and O–H groups in total. The third-order valence-corrected chi connectivity index (χ3v) is 4.80. The van der Waals surface area contributed by atoms with Gasteiger partial charge in [-0.25, -0.2) is 0 Å². The van der Waals surface area contributed by atoms with Gasteiger partial charge >= 0.3 is 0 Å². The molecule has 23 heavy (non-hydrogen) atoms. The first-order chi connectivity index (χ1) is 10.9. The van der Waals surface area contributed by atoms with E-state index >= 15 is 0 Å². The molecule has 0 radical (unpaired) electrons. The number of aryl methyl sites for hydroxylation is 1. The van der Waals surface area contributed by atoms with Gasteiger partial charge in [-0.2, -0.15) is 0 Å². The van der Waals surface area contributed by atoms with Crippen LogP contribution in [0.25, 0.3) is 0 Å². The molecule has 0 spiro atoms. The van der Waals surface area contributed by atoms with Gasteiger partial charge < -0.3 is 15.8 Å². The average molecular weight is 318 g/mol. The predicted molar refractivity (Wildman–Crippen MR) is 93.8 cm³/mol. The Hall–Kier alpha value is -1.55. The number of amides is 1. The number of hydrogen-bond donors (Lipinski definition) is 2. The van der Waals surface area contributed by atoms with Crippen LogP contribution in [-0.2, 0) is 4.79 Å². The average Bonchev–Trinajstić information content (AvgIpc) is 2.96. The molecule has 1 fully saturated rings. The first kappa shape index (κ1) is 17.8. The molecule has 1 aliphatic carbocycles. The van der Waals surface area contributed by atoms with E-state index in [1.165, 1.54) is 0 Å². The summed E-state index contributed by atoms with van der Waals surface area (Å²) in [6.45, 7) is 8.59. The number of carbonyl (C=O) groups excluding carboxylic acids is 1. The molecule has 1 atom stereocenters. The standard InChI is InChI=1S/C19H30N2O2/c1-13(2)16-8-7-14(3)11-17(16)23-15(4)18(22)21-19(12-20)9-5-6-10-19/h7-8,11,13,15H,5-6,9-10,12,20H2,1-4H3,(H,21,22). The largest absolute Gasteiger partial charge is 0.481 e. The summed E-state index contributed by atoms with van der Waals surface area (Å²) in [5.74, 6) is 1.08. The second-order valence-corrected chi connectivity index (χ2v) is 7.14. The van der Waals surface area contributed by atoms with Gasteiger partial charge in [0.15, 0.2) is 6.10 Å². The summed E-state index contributed by atoms with van der Waals surface area (Å²) in [4.78, 5) is 12.5. The van der Waals surface area contributed by atoms with Crippen molar-refractivity contribution in [3.8, 4) is 5.75 Å². The number of ether oxygens (including phenoxy) is 1. The van der Waals surface area contributed by atoms with Gasteiger partial charge in [0.1, 0.15) is 5.75 Å². The first-order valence-corrected chi connectivity index (χ1v) is 8.66. The van der Waals surface area contributed by atoms with Crippen LogP contribution in [0.5, 0.6) is 5.75 Å². The maximum absolute atomic E-state index is 12.5. The second-order valence-electron chi connectivity index (χ2n) is 7.14. The zero-order valence-corrected chi connectivity index (χ0v) is 14.8. The lowest BCUT2D eigenvalue weighted by atomic mass is 9.97. The Bertz CT molecular complexity index is 548. The summed E-state index contributed by atoms with van der Waals surface area (Å²) in [5, 5.41) is 3.14. The maximum Gasteiger partial charge on any atom is 0.261 e. The van der Waals surface area contributed by atoms with Crippen LogP contribution in [0.15, 0.2) is 18.2 Å². The molecule has 4 heteroatoms. The van der Waals surface area contributed by atoms with Gasteiger partial charge in [0, 0.05) is 6.54 Å². The molecule has 2 rings (SSSR count). The Morgan fingerprint density at radius 3 is 2.52 bits per heavy atom. The molecule has 1 aliphatic rings. The van der Waals surface area contributed by atoms with Gasteiger partial charge in [0.2, 0.25) is 0 Å². The van der Waals surface area contributed by atoms with E-state index in [1.807, 2.05) is 13.0 Å². The Labute approximate surface area is 139 Å². The molecule has 1 saturated carbocycles. The summed E-state index contributed by atoms with van der Waals surface area (Å²) >= 11 is 0. The highest BCUT2D eigenvalue weighted by atomic mass is 16.5. The number of benzene rings is 1. The van der Waals surface area contributed by atoms with Crippen molar-refractivity contribution in [1.29, 1.82) is 0 Å². The topological polar surface area (TPSA) is 64.3 Å². The highest BCUT2D eigenvalue weighted by molar-refractivity contribution is 5.81. The Kier molecular flexibility index (Phi) is 5.69. The molecule has 0 saturated heterocycles. The highest BCUT2D eigenvalue weighted by Crippen LogP contribution is 2.30. The molecule has 0 aromatic heterocycles. The quantitative estimate of drug-likeness (QED) is 0.846. The molecule has 1 amide bonds. The number of nitrogens with two attached hydrogens (primary N) is 1. The van der Waals surface area contributed by atoms with Gasteiger partial charge in [-0.3, -0.25) is 4.79 Å². The van der Waals surface area contributed by atoms with Crippen LogP contribution in [0, 0.1) is 6.92 Å². The lowest BCUT2D eigenvalue weighted by molar-refractivity contribution is -0.129. The summed E-state index contributed by atoms with van der Waals surface area (Å²) in [5.41, 5.74) is 7.92. The van der Waals surface area contributed by atoms with Crippen LogP contribution in [-0.4, -0.2) is 24.1 Å². The lowest BCUT2D eigenvalue weighted by Crippen LogP contribution is -2.54. The summed E-state index contributed by atoms with van der Waals surface area (Å²) in [6.07, 6.45) is 3.65. The van der Waals surface area contributed by atoms with E-state index in [1.54, 1.807) is 6.92 Å². The van der Waals surface area contributed by atoms with E-state index in [4.69, 9.17) is 10.5 Å². The van der Waals surface area contributed by atoms with Crippen molar-refractivity contribution in [3.05, 3.63) is 29.3 Å². The minimum atomic E-state index is -0.529. The van der Waals surface area contributed by atoms with Crippen molar-refractivity contribution in [3.63, 3.8) is 0 Å². The zero-order chi connectivity index (χ0) is 17.0. The molecule has 0 aliphatic heterocycles. The summed E-state index contributed by atoms with van der Waals surface area (Å²) in [7, 11) is 0. The molecular formula is C19H30N2O2. The highest BCUT2D eigenvalue weighted by Gasteiger charge is 2.35. The van der Waals surface area contributed by atoms with E-state index in [0.29, 0.717) is 12.5 Å². The van der Waals surface area contributed by atoms with Gasteiger partial charge in [0.05, 0.1) is 5.54 Å². The number of carbonyl (C=O) groups is 1. The van der Waals surface area contributed by atoms with E-state index in [2.05, 4.69) is 31.3 Å². The van der Waals surface area contributed by atoms with E-state index in [0.717, 1.165) is 42.6 Å². The van der Waals surface area contributed by atoms with Crippen LogP contribution >= 0.6 is 0 Å². The van der Waals surface area contributed by atoms with Crippen LogP contribution in [0.2, 0.25) is 0 Å². The van der Waals surface area contributed by atoms with E-state index in [-0.39, 0.29) is 11.4 Å². The maximum atomic E-state index is 12.5. The molecular weight excluding hydrogens is 288 g/mol. The van der Waals surface area contributed by atoms with Gasteiger partial charge in [0.25, 0.3) is 5.91 Å². The lowest BCUT2D eigenvalue weighted by Gasteiger charge is -2.30. The summed E-state index contributed by atoms with van der Waals surface area (Å²) < 4.78 is 6.00. The van der Waals surface area contributed by atoms with Crippen LogP contribution in [0.4, 0.5) is 0 Å². The third kappa shape index (κ3) is 4.25. The molecule has 128 valence electrons. The minimum absolute atomic E-state index is 0.0754. The smallest absolute Gasteiger partial charge is 0.261 e. The van der Waals surface area contributed by atoms with Gasteiger partial charge in [-0.1, -0.05) is 38.8 Å². The van der Waals surface area contributed by atoms with Crippen LogP contribution in [0.1, 0.15) is 63.5 Å². The van der Waals surface area contributed by atoms with Crippen molar-refractivity contribution in [2.75, 3.05) is 6.54 Å². The Morgan fingerprint density at radius 1 is 1.30 bits per heavy atom. The minimum Gasteiger partial charge on any atom is -0.481 e. The summed E-state index contributed by atoms with van der Waals surface area (Å²) in [6, 6.07) is 6.17. The molecule has 4 nitrogen and oxygen atoms in total. The van der Waals surface area contributed by atoms with Crippen molar-refractivity contribution in [2.45, 2.75) is 70.9 Å². The fourth-order valence-corrected chi connectivity index (χ4v) is 3.26. The van der Waals surface area contributed by atoms with Crippen molar-refractivity contribution in [2.24, 2.45) is 5.73 Å². The van der Waals surface area contributed by atoms with Gasteiger partial charge in [-0.15, -0.1) is 0 Å². The Balaban J connectivity index is 2.08. The Morgan fingerprint density at radius 2 is 1.96 bits per heavy atom. The van der Waals surface area contributed by atoms with Crippen molar-refractivity contribution >= 4 is 5.91 Å². The SMILES string of the molecule is Cc1ccc(C(C)C)c(OC(C)C(=O)NC2(CN)CCCC2)c1. The van der Waals surface area contributed by atoms with E-state index in [9.17, 15) is 4.79 Å². The molecule has 1 aromatic rings. The zero-order valence-electron chi connectivity index (χ0n) is 14.8. The van der Waals surface area contributed by atoms with Crippen LogP contribution < -0.4 is 15.8 Å². The molecule has 0 bridgehead atoms. The van der Waals surface area contributed by atoms with Crippen molar-refractivity contribution < 1.29 is 9.53 Å². The fraction of sp³-hybridized carbons (Fsp3) is 0.632. The van der Waals surface area contributed by atoms with Gasteiger partial charge in [-0.05, 0) is 49.8 Å². The third-order valence-electron chi connectivity index (χ3n) is 4.80. The number of hydrogen-bond acceptors (Lipinski definition) is 3. The number of nitrogens with one attached hydrogen (secondary N) is 1. The fourth-order valence-electron chi connectivity index (χ4n) is 3.26. The van der Waals surface area contributed by atoms with Crippen molar-refractivity contribution in [1.82, 2.24) is 5.32 Å². The van der Waals surface area contributed by atoms with E-state index < -0.39 is 6.10 Å². The number of rotatable bonds is 6. The molecule has 1 aromatic carbocycles. The van der Waals surface area contributed by atoms with Crippen LogP contribution in [0.3, 0.4) is 0 Å². The predicted octanol–water partition coefficient (Wildman–Crippen LogP) is 3.27.